The van der Waals surface area contributed by atoms with Gasteiger partial charge in [-0.15, -0.1) is 0 Å². The number of nitrogens with zero attached hydrogens (tertiary/aromatic N) is 1. The first-order valence-electron chi connectivity index (χ1n) is 6.67. The van der Waals surface area contributed by atoms with Crippen molar-refractivity contribution in [2.24, 2.45) is 5.92 Å². The van der Waals surface area contributed by atoms with Crippen LogP contribution in [0, 0.1) is 5.92 Å². The maximum Gasteiger partial charge on any atom is 0.214 e. The molecule has 0 unspecified atom stereocenters. The standard InChI is InChI=1S/C14H24N2O2S/c1-4-16(19(17,18)10-9-12(2)3)11-13-5-7-14(15)8-6-13/h5-8,12H,4,9-11,15H2,1-3H3. The van der Waals surface area contributed by atoms with Gasteiger partial charge in [0.25, 0.3) is 0 Å². The third kappa shape index (κ3) is 5.20. The number of hydrogen-bond acceptors (Lipinski definition) is 3. The minimum atomic E-state index is -3.17. The molecular formula is C14H24N2O2S. The molecule has 0 amide bonds. The highest BCUT2D eigenvalue weighted by Crippen LogP contribution is 2.14. The van der Waals surface area contributed by atoms with E-state index in [0.29, 0.717) is 31.1 Å². The molecule has 5 heteroatoms. The lowest BCUT2D eigenvalue weighted by Gasteiger charge is -2.21. The number of anilines is 1. The van der Waals surface area contributed by atoms with E-state index in [1.807, 2.05) is 32.9 Å². The molecule has 0 atom stereocenters. The third-order valence-electron chi connectivity index (χ3n) is 3.04. The Morgan fingerprint density at radius 3 is 2.26 bits per heavy atom. The number of hydrogen-bond donors (Lipinski definition) is 1. The van der Waals surface area contributed by atoms with Crippen LogP contribution < -0.4 is 5.73 Å². The number of sulfonamides is 1. The molecule has 0 aliphatic heterocycles. The molecule has 0 heterocycles. The van der Waals surface area contributed by atoms with Gasteiger partial charge in [0, 0.05) is 18.8 Å². The fraction of sp³-hybridized carbons (Fsp3) is 0.571. The topological polar surface area (TPSA) is 63.4 Å². The smallest absolute Gasteiger partial charge is 0.214 e. The molecule has 0 fully saturated rings. The molecule has 0 aromatic heterocycles. The largest absolute Gasteiger partial charge is 0.399 e. The summed E-state index contributed by atoms with van der Waals surface area (Å²) in [5.41, 5.74) is 7.28. The van der Waals surface area contributed by atoms with E-state index in [1.54, 1.807) is 12.1 Å². The fourth-order valence-corrected chi connectivity index (χ4v) is 3.51. The Bertz CT molecular complexity index is 481. The van der Waals surface area contributed by atoms with E-state index in [1.165, 1.54) is 4.31 Å². The maximum absolute atomic E-state index is 12.2. The Kier molecular flexibility index (Phi) is 5.82. The first-order chi connectivity index (χ1) is 8.85. The van der Waals surface area contributed by atoms with E-state index in [-0.39, 0.29) is 5.75 Å². The van der Waals surface area contributed by atoms with Crippen LogP contribution in [0.15, 0.2) is 24.3 Å². The van der Waals surface area contributed by atoms with Crippen molar-refractivity contribution in [1.29, 1.82) is 0 Å². The van der Waals surface area contributed by atoms with Gasteiger partial charge in [0.2, 0.25) is 10.0 Å². The number of rotatable bonds is 7. The van der Waals surface area contributed by atoms with E-state index < -0.39 is 10.0 Å². The first-order valence-corrected chi connectivity index (χ1v) is 8.28. The normalized spacial score (nSPS) is 12.3. The van der Waals surface area contributed by atoms with E-state index >= 15 is 0 Å². The lowest BCUT2D eigenvalue weighted by atomic mass is 10.2. The van der Waals surface area contributed by atoms with Gasteiger partial charge in [0.05, 0.1) is 5.75 Å². The van der Waals surface area contributed by atoms with Crippen LogP contribution in [0.4, 0.5) is 5.69 Å². The minimum Gasteiger partial charge on any atom is -0.399 e. The van der Waals surface area contributed by atoms with E-state index in [0.717, 1.165) is 5.56 Å². The van der Waals surface area contributed by atoms with Gasteiger partial charge in [0.15, 0.2) is 0 Å². The van der Waals surface area contributed by atoms with Gasteiger partial charge in [-0.05, 0) is 30.0 Å². The average Bonchev–Trinajstić information content (AvgIpc) is 2.35. The van der Waals surface area contributed by atoms with Crippen molar-refractivity contribution >= 4 is 15.7 Å². The summed E-state index contributed by atoms with van der Waals surface area (Å²) in [6.07, 6.45) is 0.695. The van der Waals surface area contributed by atoms with Crippen LogP contribution in [0.1, 0.15) is 32.8 Å². The highest BCUT2D eigenvalue weighted by molar-refractivity contribution is 7.89. The SMILES string of the molecule is CCN(Cc1ccc(N)cc1)S(=O)(=O)CCC(C)C. The Labute approximate surface area is 116 Å². The first kappa shape index (κ1) is 16.0. The summed E-state index contributed by atoms with van der Waals surface area (Å²) in [7, 11) is -3.17. The highest BCUT2D eigenvalue weighted by atomic mass is 32.2. The lowest BCUT2D eigenvalue weighted by Crippen LogP contribution is -2.32. The molecule has 0 spiro atoms. The quantitative estimate of drug-likeness (QED) is 0.782. The Morgan fingerprint density at radius 2 is 1.79 bits per heavy atom. The molecular weight excluding hydrogens is 260 g/mol. The van der Waals surface area contributed by atoms with Crippen LogP contribution in [0.5, 0.6) is 0 Å². The van der Waals surface area contributed by atoms with Crippen molar-refractivity contribution in [3.05, 3.63) is 29.8 Å². The Balaban J connectivity index is 2.74. The van der Waals surface area contributed by atoms with Crippen molar-refractivity contribution in [3.63, 3.8) is 0 Å². The van der Waals surface area contributed by atoms with Crippen molar-refractivity contribution in [2.75, 3.05) is 18.0 Å². The number of nitrogen functional groups attached to an aromatic ring is 1. The van der Waals surface area contributed by atoms with Gasteiger partial charge < -0.3 is 5.73 Å². The van der Waals surface area contributed by atoms with Crippen LogP contribution >= 0.6 is 0 Å². The van der Waals surface area contributed by atoms with Crippen molar-refractivity contribution < 1.29 is 8.42 Å². The second kappa shape index (κ2) is 6.91. The maximum atomic E-state index is 12.2. The zero-order valence-electron chi connectivity index (χ0n) is 12.0. The summed E-state index contributed by atoms with van der Waals surface area (Å²) in [5, 5.41) is 0. The molecule has 0 aliphatic rings. The molecule has 0 saturated heterocycles. The van der Waals surface area contributed by atoms with E-state index in [2.05, 4.69) is 0 Å². The molecule has 0 bridgehead atoms. The van der Waals surface area contributed by atoms with Gasteiger partial charge in [-0.3, -0.25) is 0 Å². The van der Waals surface area contributed by atoms with Crippen LogP contribution in [0.3, 0.4) is 0 Å². The summed E-state index contributed by atoms with van der Waals surface area (Å²) in [6, 6.07) is 7.33. The second-order valence-electron chi connectivity index (χ2n) is 5.17. The Morgan fingerprint density at radius 1 is 1.21 bits per heavy atom. The zero-order chi connectivity index (χ0) is 14.5. The molecule has 1 aromatic rings. The molecule has 2 N–H and O–H groups in total. The van der Waals surface area contributed by atoms with E-state index in [9.17, 15) is 8.42 Å². The highest BCUT2D eigenvalue weighted by Gasteiger charge is 2.20. The predicted molar refractivity (Wildman–Crippen MR) is 80.2 cm³/mol. The number of nitrogens with two attached hydrogens (primary N) is 1. The van der Waals surface area contributed by atoms with Crippen LogP contribution in [0.2, 0.25) is 0 Å². The fourth-order valence-electron chi connectivity index (χ4n) is 1.75. The second-order valence-corrected chi connectivity index (χ2v) is 7.25. The summed E-state index contributed by atoms with van der Waals surface area (Å²) in [4.78, 5) is 0. The molecule has 4 nitrogen and oxygen atoms in total. The van der Waals surface area contributed by atoms with Crippen molar-refractivity contribution in [1.82, 2.24) is 4.31 Å². The molecule has 0 aliphatic carbocycles. The van der Waals surface area contributed by atoms with Gasteiger partial charge in [-0.1, -0.05) is 32.9 Å². The summed E-state index contributed by atoms with van der Waals surface area (Å²) in [6.45, 7) is 6.84. The van der Waals surface area contributed by atoms with Crippen molar-refractivity contribution in [3.8, 4) is 0 Å². The molecule has 19 heavy (non-hydrogen) atoms. The summed E-state index contributed by atoms with van der Waals surface area (Å²) < 4.78 is 26.0. The molecule has 108 valence electrons. The third-order valence-corrected chi connectivity index (χ3v) is 4.96. The average molecular weight is 284 g/mol. The van der Waals surface area contributed by atoms with Gasteiger partial charge in [-0.25, -0.2) is 8.42 Å². The summed E-state index contributed by atoms with van der Waals surface area (Å²) in [5.74, 6) is 0.609. The lowest BCUT2D eigenvalue weighted by molar-refractivity contribution is 0.419. The van der Waals surface area contributed by atoms with Crippen LogP contribution in [-0.4, -0.2) is 25.0 Å². The van der Waals surface area contributed by atoms with Crippen molar-refractivity contribution in [2.45, 2.75) is 33.7 Å². The summed E-state index contributed by atoms with van der Waals surface area (Å²) >= 11 is 0. The minimum absolute atomic E-state index is 0.216. The molecule has 0 radical (unpaired) electrons. The Hall–Kier alpha value is -1.07. The number of benzene rings is 1. The predicted octanol–water partition coefficient (Wildman–Crippen LogP) is 2.47. The van der Waals surface area contributed by atoms with Crippen LogP contribution in [-0.2, 0) is 16.6 Å². The van der Waals surface area contributed by atoms with Crippen LogP contribution in [0.25, 0.3) is 0 Å². The van der Waals surface area contributed by atoms with Gasteiger partial charge >= 0.3 is 0 Å². The van der Waals surface area contributed by atoms with E-state index in [4.69, 9.17) is 5.73 Å². The van der Waals surface area contributed by atoms with Gasteiger partial charge in [-0.2, -0.15) is 4.31 Å². The molecule has 0 saturated carbocycles. The monoisotopic (exact) mass is 284 g/mol. The molecule has 1 rings (SSSR count). The zero-order valence-corrected chi connectivity index (χ0v) is 12.8. The molecule has 1 aromatic carbocycles. The van der Waals surface area contributed by atoms with Gasteiger partial charge in [0.1, 0.15) is 0 Å².